The number of hydrogen-bond acceptors (Lipinski definition) is 1. The zero-order valence-electron chi connectivity index (χ0n) is 2.72. The summed E-state index contributed by atoms with van der Waals surface area (Å²) >= 11 is 0. The Hall–Kier alpha value is 0.394. The second kappa shape index (κ2) is 670. The van der Waals surface area contributed by atoms with Gasteiger partial charge in [-0.2, -0.15) is 0 Å². The topological polar surface area (TPSA) is 35.0 Å². The zero-order chi connectivity index (χ0) is 0. The quantitative estimate of drug-likeness (QED) is 0.264. The molecule has 0 saturated carbocycles. The molecular formula is H3F4NTi. The van der Waals surface area contributed by atoms with Crippen LogP contribution in [0.4, 0.5) is 0 Å². The third-order valence-corrected chi connectivity index (χ3v) is 0. The molecule has 0 fully saturated rings. The van der Waals surface area contributed by atoms with Gasteiger partial charge in [-0.3, -0.25) is 0 Å². The third kappa shape index (κ3) is 326. The Balaban J connectivity index is 0. The van der Waals surface area contributed by atoms with Gasteiger partial charge < -0.3 is 25.0 Å². The fourth-order valence-electron chi connectivity index (χ4n) is 0. The normalized spacial score (nSPS) is 0. The number of rotatable bonds is 0. The van der Waals surface area contributed by atoms with Crippen molar-refractivity contribution in [1.29, 1.82) is 0 Å². The summed E-state index contributed by atoms with van der Waals surface area (Å²) in [6.07, 6.45) is 0. The van der Waals surface area contributed by atoms with Crippen LogP contribution in [0.2, 0.25) is 0 Å². The van der Waals surface area contributed by atoms with Crippen molar-refractivity contribution in [2.75, 3.05) is 0 Å². The summed E-state index contributed by atoms with van der Waals surface area (Å²) in [5.41, 5.74) is 0. The maximum absolute atomic E-state index is 0. The molecule has 3 N–H and O–H groups in total. The minimum Gasteiger partial charge on any atom is -1.00 e. The molecule has 0 saturated heterocycles. The van der Waals surface area contributed by atoms with Crippen LogP contribution in [0.3, 0.4) is 0 Å². The fraction of sp³-hybridized carbons (Fsp3) is 0. The van der Waals surface area contributed by atoms with Gasteiger partial charge in [0.05, 0.1) is 0 Å². The predicted octanol–water partition coefficient (Wildman–Crippen LogP) is -11.8. The van der Waals surface area contributed by atoms with E-state index in [0.717, 1.165) is 0 Å². The van der Waals surface area contributed by atoms with Crippen molar-refractivity contribution in [2.45, 2.75) is 0 Å². The van der Waals surface area contributed by atoms with E-state index in [1.54, 1.807) is 0 Å². The summed E-state index contributed by atoms with van der Waals surface area (Å²) in [5, 5.41) is 0. The van der Waals surface area contributed by atoms with E-state index in [1.807, 2.05) is 0 Å². The standard InChI is InChI=1S/4FH.H3N.Ti/h4*1H;1H3;/q;;;;;+4/p-4. The molecule has 6 heteroatoms. The Morgan fingerprint density at radius 2 is 0.500 bits per heavy atom. The van der Waals surface area contributed by atoms with Gasteiger partial charge in [-0.1, -0.05) is 0 Å². The maximum atomic E-state index is 0. The van der Waals surface area contributed by atoms with E-state index in [9.17, 15) is 0 Å². The molecule has 0 aliphatic heterocycles. The second-order valence-electron chi connectivity index (χ2n) is 0. The van der Waals surface area contributed by atoms with Crippen molar-refractivity contribution in [1.82, 2.24) is 6.15 Å². The molecule has 0 amide bonds. The van der Waals surface area contributed by atoms with Crippen molar-refractivity contribution >= 4 is 0 Å². The third-order valence-electron chi connectivity index (χ3n) is 0. The Bertz CT molecular complexity index is 7.51. The molecule has 1 nitrogen and oxygen atoms in total. The van der Waals surface area contributed by atoms with E-state index >= 15 is 0 Å². The first-order valence-corrected chi connectivity index (χ1v) is 0. The summed E-state index contributed by atoms with van der Waals surface area (Å²) in [6.45, 7) is 0. The van der Waals surface area contributed by atoms with E-state index in [2.05, 4.69) is 0 Å². The summed E-state index contributed by atoms with van der Waals surface area (Å²) in [5.74, 6) is 0. The van der Waals surface area contributed by atoms with Crippen LogP contribution in [0.5, 0.6) is 0 Å². The molecule has 0 aliphatic carbocycles. The van der Waals surface area contributed by atoms with Gasteiger partial charge in [-0.25, -0.2) is 0 Å². The van der Waals surface area contributed by atoms with E-state index in [0.29, 0.717) is 0 Å². The molecule has 0 radical (unpaired) electrons. The van der Waals surface area contributed by atoms with Crippen LogP contribution in [0.1, 0.15) is 0 Å². The molecule has 0 unspecified atom stereocenters. The first kappa shape index (κ1) is 1200. The molecule has 0 aliphatic rings. The van der Waals surface area contributed by atoms with Crippen LogP contribution in [-0.2, 0) is 21.7 Å². The van der Waals surface area contributed by atoms with Crippen molar-refractivity contribution in [2.24, 2.45) is 0 Å². The smallest absolute Gasteiger partial charge is 1.00 e. The SMILES string of the molecule is N.[F-].[F-].[F-].[F-].[Ti+4]. The van der Waals surface area contributed by atoms with Gasteiger partial charge >= 0.3 is 21.7 Å². The van der Waals surface area contributed by atoms with Gasteiger partial charge in [-0.05, 0) is 0 Å². The van der Waals surface area contributed by atoms with Gasteiger partial charge in [-0.15, -0.1) is 0 Å². The minimum atomic E-state index is 0. The number of halogens is 4. The maximum Gasteiger partial charge on any atom is 4.00 e. The minimum absolute atomic E-state index is 0. The fourth-order valence-corrected chi connectivity index (χ4v) is 0. The van der Waals surface area contributed by atoms with Crippen molar-refractivity contribution in [3.05, 3.63) is 0 Å². The second-order valence-corrected chi connectivity index (χ2v) is 0. The van der Waals surface area contributed by atoms with Gasteiger partial charge in [0, 0.05) is 0 Å². The Morgan fingerprint density at radius 3 is 0.500 bits per heavy atom. The van der Waals surface area contributed by atoms with Crippen LogP contribution in [0.15, 0.2) is 0 Å². The Morgan fingerprint density at radius 1 is 0.500 bits per heavy atom. The number of hydrogen-bond donors (Lipinski definition) is 1. The molecule has 0 spiro atoms. The van der Waals surface area contributed by atoms with Crippen LogP contribution in [0.25, 0.3) is 0 Å². The molecule has 0 aromatic carbocycles. The molecule has 0 atom stereocenters. The monoisotopic (exact) mass is 141 g/mol. The molecule has 40 valence electrons. The molecule has 0 rings (SSSR count). The summed E-state index contributed by atoms with van der Waals surface area (Å²) in [4.78, 5) is 0. The average Bonchev–Trinajstić information content (AvgIpc) is 0. The first-order chi connectivity index (χ1) is 0. The first-order valence-electron chi connectivity index (χ1n) is 0. The molecule has 0 heterocycles. The van der Waals surface area contributed by atoms with Gasteiger partial charge in [0.15, 0.2) is 0 Å². The molecule has 0 aromatic heterocycles. The van der Waals surface area contributed by atoms with E-state index in [-0.39, 0.29) is 46.7 Å². The van der Waals surface area contributed by atoms with E-state index < -0.39 is 0 Å². The summed E-state index contributed by atoms with van der Waals surface area (Å²) < 4.78 is 0. The van der Waals surface area contributed by atoms with Crippen LogP contribution in [0, 0.1) is 0 Å². The van der Waals surface area contributed by atoms with Crippen LogP contribution in [-0.4, -0.2) is 0 Å². The van der Waals surface area contributed by atoms with Crippen LogP contribution < -0.4 is 25.0 Å². The Kier molecular flexibility index (Phi) is 134000. The molecular weight excluding hydrogens is 138 g/mol. The molecule has 6 heavy (non-hydrogen) atoms. The van der Waals surface area contributed by atoms with Crippen molar-refractivity contribution in [3.63, 3.8) is 0 Å². The average molecular weight is 141 g/mol. The molecule has 0 aromatic rings. The molecule has 0 bridgehead atoms. The zero-order valence-corrected chi connectivity index (χ0v) is 4.28. The van der Waals surface area contributed by atoms with Crippen molar-refractivity contribution < 1.29 is 40.5 Å². The van der Waals surface area contributed by atoms with Gasteiger partial charge in [0.1, 0.15) is 0 Å². The Labute approximate surface area is 47.4 Å². The summed E-state index contributed by atoms with van der Waals surface area (Å²) in [7, 11) is 0. The van der Waals surface area contributed by atoms with E-state index in [1.165, 1.54) is 0 Å². The van der Waals surface area contributed by atoms with Gasteiger partial charge in [0.25, 0.3) is 0 Å². The largest absolute Gasteiger partial charge is 4.00 e. The van der Waals surface area contributed by atoms with Crippen molar-refractivity contribution in [3.8, 4) is 0 Å². The van der Waals surface area contributed by atoms with E-state index in [4.69, 9.17) is 0 Å². The predicted molar refractivity (Wildman–Crippen MR) is 5.02 cm³/mol. The van der Waals surface area contributed by atoms with Crippen LogP contribution >= 0.6 is 0 Å². The van der Waals surface area contributed by atoms with Gasteiger partial charge in [0.2, 0.25) is 0 Å². The summed E-state index contributed by atoms with van der Waals surface area (Å²) in [6, 6.07) is 0.